The maximum atomic E-state index is 13.7. The Labute approximate surface area is 284 Å². The van der Waals surface area contributed by atoms with Crippen LogP contribution in [0, 0.1) is 0 Å². The summed E-state index contributed by atoms with van der Waals surface area (Å²) in [6.45, 7) is 0.142. The standard InChI is InChI=1S/C37H28BrN3O5S/c38-27-14-7-9-24(19-27)20-31(41-35(42)26-12-5-2-6-13-26)36(43)39-28-15-8-16-30(21-28)47-34(25-10-3-1-4-11-25)37(44)40-29-17-18-32-33(22-29)46-23-45-32/h1-22,34H,23H2,(H,39,43)(H,40,44)(H,41,42)/b31-20+. The fourth-order valence-electron chi connectivity index (χ4n) is 4.77. The van der Waals surface area contributed by atoms with E-state index in [1.54, 1.807) is 66.7 Å². The van der Waals surface area contributed by atoms with Crippen molar-refractivity contribution in [2.45, 2.75) is 10.1 Å². The zero-order chi connectivity index (χ0) is 32.6. The second-order valence-corrected chi connectivity index (χ2v) is 12.5. The van der Waals surface area contributed by atoms with E-state index < -0.39 is 17.1 Å². The molecule has 1 heterocycles. The molecule has 10 heteroatoms. The van der Waals surface area contributed by atoms with Crippen molar-refractivity contribution in [3.05, 3.63) is 154 Å². The van der Waals surface area contributed by atoms with E-state index in [1.807, 2.05) is 66.7 Å². The first kappa shape index (κ1) is 31.7. The molecule has 1 unspecified atom stereocenters. The first-order chi connectivity index (χ1) is 22.9. The van der Waals surface area contributed by atoms with Crippen molar-refractivity contribution in [3.63, 3.8) is 0 Å². The highest BCUT2D eigenvalue weighted by Gasteiger charge is 2.24. The zero-order valence-corrected chi connectivity index (χ0v) is 27.2. The van der Waals surface area contributed by atoms with E-state index in [0.29, 0.717) is 28.4 Å². The lowest BCUT2D eigenvalue weighted by Crippen LogP contribution is -2.30. The molecule has 1 atom stereocenters. The van der Waals surface area contributed by atoms with Gasteiger partial charge in [-0.2, -0.15) is 0 Å². The molecule has 3 amide bonds. The first-order valence-electron chi connectivity index (χ1n) is 14.6. The molecule has 0 spiro atoms. The van der Waals surface area contributed by atoms with Crippen LogP contribution in [0.5, 0.6) is 11.5 Å². The molecule has 234 valence electrons. The second kappa shape index (κ2) is 14.8. The molecule has 0 saturated carbocycles. The molecule has 0 aliphatic carbocycles. The second-order valence-electron chi connectivity index (χ2n) is 10.4. The molecule has 6 rings (SSSR count). The highest BCUT2D eigenvalue weighted by atomic mass is 79.9. The summed E-state index contributed by atoms with van der Waals surface area (Å²) in [5.41, 5.74) is 3.11. The summed E-state index contributed by atoms with van der Waals surface area (Å²) in [5.74, 6) is 0.0629. The predicted molar refractivity (Wildman–Crippen MR) is 187 cm³/mol. The third-order valence-electron chi connectivity index (χ3n) is 7.01. The van der Waals surface area contributed by atoms with Crippen LogP contribution in [0.25, 0.3) is 6.08 Å². The van der Waals surface area contributed by atoms with Gasteiger partial charge in [-0.15, -0.1) is 11.8 Å². The minimum atomic E-state index is -0.607. The fourth-order valence-corrected chi connectivity index (χ4v) is 6.27. The molecule has 5 aromatic rings. The van der Waals surface area contributed by atoms with Crippen molar-refractivity contribution in [1.82, 2.24) is 5.32 Å². The molecule has 3 N–H and O–H groups in total. The Balaban J connectivity index is 1.22. The molecule has 0 aromatic heterocycles. The summed E-state index contributed by atoms with van der Waals surface area (Å²) in [4.78, 5) is 41.1. The van der Waals surface area contributed by atoms with Crippen LogP contribution in [0.3, 0.4) is 0 Å². The van der Waals surface area contributed by atoms with E-state index in [9.17, 15) is 14.4 Å². The summed E-state index contributed by atoms with van der Waals surface area (Å²) < 4.78 is 11.7. The van der Waals surface area contributed by atoms with Gasteiger partial charge >= 0.3 is 0 Å². The Hall–Kier alpha value is -5.32. The van der Waals surface area contributed by atoms with Crippen LogP contribution in [0.2, 0.25) is 0 Å². The normalized spacial score (nSPS) is 12.6. The van der Waals surface area contributed by atoms with Crippen LogP contribution in [0.1, 0.15) is 26.7 Å². The summed E-state index contributed by atoms with van der Waals surface area (Å²) in [7, 11) is 0. The number of amides is 3. The van der Waals surface area contributed by atoms with E-state index in [0.717, 1.165) is 20.5 Å². The quantitative estimate of drug-likeness (QED) is 0.100. The molecular formula is C37H28BrN3O5S. The van der Waals surface area contributed by atoms with Gasteiger partial charge in [-0.05, 0) is 71.8 Å². The van der Waals surface area contributed by atoms with Gasteiger partial charge in [0, 0.05) is 32.4 Å². The Morgan fingerprint density at radius 2 is 1.45 bits per heavy atom. The minimum Gasteiger partial charge on any atom is -0.454 e. The smallest absolute Gasteiger partial charge is 0.272 e. The first-order valence-corrected chi connectivity index (χ1v) is 16.3. The van der Waals surface area contributed by atoms with Crippen LogP contribution >= 0.6 is 27.7 Å². The van der Waals surface area contributed by atoms with Crippen molar-refractivity contribution in [2.75, 3.05) is 17.4 Å². The number of ether oxygens (including phenoxy) is 2. The fraction of sp³-hybridized carbons (Fsp3) is 0.0541. The third-order valence-corrected chi connectivity index (χ3v) is 8.76. The zero-order valence-electron chi connectivity index (χ0n) is 24.8. The predicted octanol–water partition coefficient (Wildman–Crippen LogP) is 8.06. The number of hydrogen-bond acceptors (Lipinski definition) is 6. The van der Waals surface area contributed by atoms with Gasteiger partial charge in [0.25, 0.3) is 11.8 Å². The van der Waals surface area contributed by atoms with Crippen LogP contribution in [-0.4, -0.2) is 24.5 Å². The molecule has 0 bridgehead atoms. The Kier molecular flexibility index (Phi) is 10.00. The van der Waals surface area contributed by atoms with E-state index in [-0.39, 0.29) is 18.4 Å². The Morgan fingerprint density at radius 1 is 0.723 bits per heavy atom. The van der Waals surface area contributed by atoms with Crippen LogP contribution in [0.4, 0.5) is 11.4 Å². The van der Waals surface area contributed by atoms with Crippen molar-refractivity contribution in [1.29, 1.82) is 0 Å². The summed E-state index contributed by atoms with van der Waals surface area (Å²) in [5, 5.41) is 8.06. The number of halogens is 1. The van der Waals surface area contributed by atoms with Crippen LogP contribution < -0.4 is 25.4 Å². The maximum Gasteiger partial charge on any atom is 0.272 e. The number of rotatable bonds is 10. The minimum absolute atomic E-state index is 0.0697. The molecule has 1 aliphatic rings. The molecule has 0 radical (unpaired) electrons. The van der Waals surface area contributed by atoms with Gasteiger partial charge in [0.1, 0.15) is 10.9 Å². The number of nitrogens with one attached hydrogen (secondary N) is 3. The number of carbonyl (C=O) groups excluding carboxylic acids is 3. The average molecular weight is 707 g/mol. The van der Waals surface area contributed by atoms with E-state index in [4.69, 9.17) is 9.47 Å². The van der Waals surface area contributed by atoms with E-state index in [2.05, 4.69) is 31.9 Å². The van der Waals surface area contributed by atoms with E-state index in [1.165, 1.54) is 11.8 Å². The van der Waals surface area contributed by atoms with Crippen LogP contribution in [0.15, 0.2) is 142 Å². The maximum absolute atomic E-state index is 13.7. The number of fused-ring (bicyclic) bond motifs is 1. The molecule has 0 saturated heterocycles. The van der Waals surface area contributed by atoms with Crippen molar-refractivity contribution < 1.29 is 23.9 Å². The number of hydrogen-bond donors (Lipinski definition) is 3. The SMILES string of the molecule is O=C(Nc1cccc(SC(C(=O)Nc2ccc3c(c2)OCO3)c2ccccc2)c1)/C(=C\c1cccc(Br)c1)NC(=O)c1ccccc1. The molecule has 0 fully saturated rings. The summed E-state index contributed by atoms with van der Waals surface area (Å²) >= 11 is 4.80. The van der Waals surface area contributed by atoms with Gasteiger partial charge in [-0.1, -0.05) is 82.7 Å². The van der Waals surface area contributed by atoms with Gasteiger partial charge in [-0.25, -0.2) is 0 Å². The molecule has 1 aliphatic heterocycles. The molecule has 8 nitrogen and oxygen atoms in total. The topological polar surface area (TPSA) is 106 Å². The Bertz CT molecular complexity index is 1950. The van der Waals surface area contributed by atoms with E-state index >= 15 is 0 Å². The summed E-state index contributed by atoms with van der Waals surface area (Å²) in [6, 6.07) is 38.0. The van der Waals surface area contributed by atoms with Crippen LogP contribution in [-0.2, 0) is 9.59 Å². The molecule has 47 heavy (non-hydrogen) atoms. The Morgan fingerprint density at radius 3 is 2.23 bits per heavy atom. The molecular weight excluding hydrogens is 678 g/mol. The largest absolute Gasteiger partial charge is 0.454 e. The van der Waals surface area contributed by atoms with Crippen molar-refractivity contribution >= 4 is 62.9 Å². The number of thioether (sulfide) groups is 1. The van der Waals surface area contributed by atoms with Gasteiger partial charge in [-0.3, -0.25) is 14.4 Å². The highest BCUT2D eigenvalue weighted by Crippen LogP contribution is 2.39. The lowest BCUT2D eigenvalue weighted by Gasteiger charge is -2.18. The monoisotopic (exact) mass is 705 g/mol. The van der Waals surface area contributed by atoms with Crippen molar-refractivity contribution in [2.24, 2.45) is 0 Å². The lowest BCUT2D eigenvalue weighted by atomic mass is 10.1. The van der Waals surface area contributed by atoms with Gasteiger partial charge in [0.05, 0.1) is 0 Å². The average Bonchev–Trinajstić information content (AvgIpc) is 3.56. The van der Waals surface area contributed by atoms with Crippen molar-refractivity contribution in [3.8, 4) is 11.5 Å². The highest BCUT2D eigenvalue weighted by molar-refractivity contribution is 9.10. The lowest BCUT2D eigenvalue weighted by molar-refractivity contribution is -0.116. The molecule has 5 aromatic carbocycles. The number of benzene rings is 5. The van der Waals surface area contributed by atoms with Gasteiger partial charge in [0.2, 0.25) is 12.7 Å². The number of carbonyl (C=O) groups is 3. The van der Waals surface area contributed by atoms with Gasteiger partial charge in [0.15, 0.2) is 11.5 Å². The van der Waals surface area contributed by atoms with Gasteiger partial charge < -0.3 is 25.4 Å². The third kappa shape index (κ3) is 8.29. The summed E-state index contributed by atoms with van der Waals surface area (Å²) in [6.07, 6.45) is 1.62. The number of anilines is 2.